The number of esters is 1. The molecule has 0 aromatic rings. The van der Waals surface area contributed by atoms with E-state index < -0.39 is 20.1 Å². The highest BCUT2D eigenvalue weighted by atomic mass is 32.1. The predicted molar refractivity (Wildman–Crippen MR) is 103 cm³/mol. The van der Waals surface area contributed by atoms with Gasteiger partial charge in [0, 0.05) is 5.41 Å². The van der Waals surface area contributed by atoms with Crippen LogP contribution in [-0.4, -0.2) is 46.7 Å². The fourth-order valence-electron chi connectivity index (χ4n) is 0.686. The molecule has 3 N–H and O–H groups in total. The lowest BCUT2D eigenvalue weighted by atomic mass is 9.92. The number of Topliss-reactive ketones (excluding diaryl/α,β-unsaturated/α-hetero) is 1. The Morgan fingerprint density at radius 3 is 1.24 bits per heavy atom. The minimum Gasteiger partial charge on any atom is -0.454 e. The van der Waals surface area contributed by atoms with Crippen LogP contribution in [-0.2, 0) is 18.8 Å². The third-order valence-corrected chi connectivity index (χ3v) is 3.32. The van der Waals surface area contributed by atoms with Crippen molar-refractivity contribution >= 4 is 33.4 Å². The van der Waals surface area contributed by atoms with Crippen molar-refractivity contribution in [2.45, 2.75) is 74.8 Å². The number of rotatable bonds is 2. The molecule has 0 aliphatic heterocycles. The van der Waals surface area contributed by atoms with Crippen molar-refractivity contribution < 1.29 is 33.1 Å². The summed E-state index contributed by atoms with van der Waals surface area (Å²) < 4.78 is 9.06. The first-order chi connectivity index (χ1) is 10.6. The molecule has 0 rings (SSSR count). The first kappa shape index (κ1) is 29.3. The third kappa shape index (κ3) is 25.9. The molecule has 7 nitrogen and oxygen atoms in total. The normalized spacial score (nSPS) is 12.2. The van der Waals surface area contributed by atoms with E-state index in [2.05, 4.69) is 21.8 Å². The average Bonchev–Trinajstić information content (AvgIpc) is 2.22. The summed E-state index contributed by atoms with van der Waals surface area (Å²) in [5.41, 5.74) is -1.24. The lowest BCUT2D eigenvalue weighted by molar-refractivity contribution is -0.150. The van der Waals surface area contributed by atoms with E-state index in [0.717, 1.165) is 0 Å². The Kier molecular flexibility index (Phi) is 13.3. The van der Waals surface area contributed by atoms with Gasteiger partial charge in [-0.2, -0.15) is 0 Å². The van der Waals surface area contributed by atoms with Crippen molar-refractivity contribution in [3.05, 3.63) is 0 Å². The van der Waals surface area contributed by atoms with Gasteiger partial charge in [0.1, 0.15) is 11.7 Å². The lowest BCUT2D eigenvalue weighted by Crippen LogP contribution is -2.45. The summed E-state index contributed by atoms with van der Waals surface area (Å²) in [6, 6.07) is 0. The van der Waals surface area contributed by atoms with Gasteiger partial charge in [0.05, 0.1) is 11.0 Å². The molecule has 0 radical (unpaired) electrons. The van der Waals surface area contributed by atoms with Crippen LogP contribution in [0.4, 0.5) is 0 Å². The zero-order chi connectivity index (χ0) is 21.3. The minimum atomic E-state index is -4.29. The van der Waals surface area contributed by atoms with Gasteiger partial charge >= 0.3 is 15.0 Å². The highest BCUT2D eigenvalue weighted by Crippen LogP contribution is 2.15. The van der Waals surface area contributed by atoms with Crippen LogP contribution in [0.25, 0.3) is 0 Å². The van der Waals surface area contributed by atoms with Crippen LogP contribution in [0, 0.1) is 10.8 Å². The predicted octanol–water partition coefficient (Wildman–Crippen LogP) is 2.30. The highest BCUT2D eigenvalue weighted by Gasteiger charge is 2.36. The van der Waals surface area contributed by atoms with Crippen LogP contribution < -0.4 is 0 Å². The summed E-state index contributed by atoms with van der Waals surface area (Å²) in [5, 5.41) is 0. The van der Waals surface area contributed by atoms with Crippen LogP contribution in [0.1, 0.15) is 69.2 Å². The maximum atomic E-state index is 10.8. The zero-order valence-corrected chi connectivity index (χ0v) is 19.0. The Hall–Kier alpha value is -0.453. The number of ketones is 1. The van der Waals surface area contributed by atoms with Gasteiger partial charge in [-0.15, -0.1) is 12.6 Å². The Morgan fingerprint density at radius 2 is 1.20 bits per heavy atom. The molecular weight excluding hydrogens is 364 g/mol. The van der Waals surface area contributed by atoms with E-state index in [4.69, 9.17) is 14.4 Å². The Morgan fingerprint density at radius 1 is 0.880 bits per heavy atom. The molecule has 0 aromatic heterocycles. The van der Waals surface area contributed by atoms with Crippen molar-refractivity contribution in [1.82, 2.24) is 0 Å². The van der Waals surface area contributed by atoms with E-state index >= 15 is 0 Å². The Balaban J connectivity index is -0.000000293. The second-order valence-electron chi connectivity index (χ2n) is 8.41. The summed E-state index contributed by atoms with van der Waals surface area (Å²) in [7, 11) is -4.29. The molecule has 0 aliphatic rings. The monoisotopic (exact) mass is 400 g/mol. The molecule has 0 atom stereocenters. The highest BCUT2D eigenvalue weighted by molar-refractivity contribution is 7.80. The van der Waals surface area contributed by atoms with E-state index in [1.165, 1.54) is 0 Å². The largest absolute Gasteiger partial charge is 0.671 e. The molecule has 0 bridgehead atoms. The molecule has 0 saturated heterocycles. The first-order valence-corrected chi connectivity index (χ1v) is 10.2. The molecule has 0 unspecified atom stereocenters. The van der Waals surface area contributed by atoms with E-state index in [1.54, 1.807) is 48.5 Å². The number of hydrogen-bond acceptors (Lipinski definition) is 8. The smallest absolute Gasteiger partial charge is 0.454 e. The molecule has 0 amide bonds. The molecule has 0 aromatic carbocycles. The van der Waals surface area contributed by atoms with Crippen molar-refractivity contribution in [2.24, 2.45) is 10.8 Å². The Bertz CT molecular complexity index is 387. The average molecular weight is 401 g/mol. The van der Waals surface area contributed by atoms with E-state index in [1.807, 2.05) is 20.8 Å². The molecule has 9 heteroatoms. The molecular formula is C16H36O7SSi. The summed E-state index contributed by atoms with van der Waals surface area (Å²) in [4.78, 5) is 46.4. The van der Waals surface area contributed by atoms with Gasteiger partial charge in [-0.3, -0.25) is 9.59 Å². The second kappa shape index (κ2) is 11.3. The maximum absolute atomic E-state index is 10.8. The van der Waals surface area contributed by atoms with Crippen molar-refractivity contribution in [2.75, 3.05) is 5.94 Å². The van der Waals surface area contributed by atoms with Gasteiger partial charge < -0.3 is 23.5 Å². The third-order valence-electron chi connectivity index (χ3n) is 2.31. The van der Waals surface area contributed by atoms with Crippen molar-refractivity contribution in [3.8, 4) is 0 Å². The molecule has 0 heterocycles. The summed E-state index contributed by atoms with van der Waals surface area (Å²) in [5.74, 6) is 0.195. The number of carbonyl (C=O) groups is 2. The number of thiol groups is 1. The quantitative estimate of drug-likeness (QED) is 0.243. The molecule has 0 fully saturated rings. The fraction of sp³-hybridized carbons (Fsp3) is 0.875. The molecule has 152 valence electrons. The van der Waals surface area contributed by atoms with Crippen molar-refractivity contribution in [3.63, 3.8) is 0 Å². The van der Waals surface area contributed by atoms with Gasteiger partial charge in [-0.05, 0) is 48.5 Å². The van der Waals surface area contributed by atoms with E-state index in [0.29, 0.717) is 0 Å². The maximum Gasteiger partial charge on any atom is 0.671 e. The van der Waals surface area contributed by atoms with Crippen LogP contribution in [0.15, 0.2) is 0 Å². The van der Waals surface area contributed by atoms with Gasteiger partial charge in [0.25, 0.3) is 0 Å². The molecule has 0 aliphatic carbocycles. The van der Waals surface area contributed by atoms with Gasteiger partial charge in [0.2, 0.25) is 0 Å². The van der Waals surface area contributed by atoms with Crippen LogP contribution in [0.5, 0.6) is 0 Å². The standard InChI is InChI=1S/C6H12O2S.C6H12O.C4H12O4Si/c1-6(2,3)5(7)8-4-9;1-5(7)6(2,3)4;1-4(2,3)8-9(5,6)7/h9H,4H2,1-3H3;1-4H3;5-7H,1-3H3. The minimum absolute atomic E-state index is 0.139. The SMILES string of the molecule is CC(=O)C(C)(C)C.CC(C)(C)C(=O)OCS.CC(C)(C)O[Si](O)(O)O. The lowest BCUT2D eigenvalue weighted by Gasteiger charge is -2.22. The molecule has 0 saturated carbocycles. The zero-order valence-electron chi connectivity index (χ0n) is 17.1. The van der Waals surface area contributed by atoms with Crippen LogP contribution in [0.3, 0.4) is 0 Å². The van der Waals surface area contributed by atoms with Crippen LogP contribution >= 0.6 is 12.6 Å². The van der Waals surface area contributed by atoms with Crippen LogP contribution in [0.2, 0.25) is 0 Å². The Labute approximate surface area is 158 Å². The first-order valence-electron chi connectivity index (χ1n) is 7.80. The second-order valence-corrected chi connectivity index (χ2v) is 10.0. The van der Waals surface area contributed by atoms with E-state index in [-0.39, 0.29) is 23.1 Å². The topological polar surface area (TPSA) is 113 Å². The molecule has 25 heavy (non-hydrogen) atoms. The number of hydrogen-bond donors (Lipinski definition) is 4. The summed E-state index contributed by atoms with van der Waals surface area (Å²) in [6.45, 7) is 17.6. The van der Waals surface area contributed by atoms with Crippen molar-refractivity contribution in [1.29, 1.82) is 0 Å². The van der Waals surface area contributed by atoms with Gasteiger partial charge in [-0.1, -0.05) is 20.8 Å². The van der Waals surface area contributed by atoms with Gasteiger partial charge in [-0.25, -0.2) is 0 Å². The van der Waals surface area contributed by atoms with E-state index in [9.17, 15) is 9.59 Å². The number of ether oxygens (including phenoxy) is 1. The summed E-state index contributed by atoms with van der Waals surface area (Å²) in [6.07, 6.45) is 0. The number of carbonyl (C=O) groups excluding carboxylic acids is 2. The molecule has 0 spiro atoms. The fourth-order valence-corrected chi connectivity index (χ4v) is 1.62. The summed E-state index contributed by atoms with van der Waals surface area (Å²) >= 11 is 3.75. The van der Waals surface area contributed by atoms with Gasteiger partial charge in [0.15, 0.2) is 0 Å².